The van der Waals surface area contributed by atoms with Gasteiger partial charge < -0.3 is 15.7 Å². The largest absolute Gasteiger partial charge is 0.481 e. The molecule has 0 unspecified atom stereocenters. The fourth-order valence-corrected chi connectivity index (χ4v) is 3.11. The van der Waals surface area contributed by atoms with Gasteiger partial charge in [0.05, 0.1) is 12.0 Å². The minimum atomic E-state index is -0.767. The van der Waals surface area contributed by atoms with E-state index in [2.05, 4.69) is 10.6 Å². The topological polar surface area (TPSA) is 95.5 Å². The Balaban J connectivity index is 1.92. The highest BCUT2D eigenvalue weighted by atomic mass is 16.4. The zero-order chi connectivity index (χ0) is 17.7. The molecule has 0 bridgehead atoms. The Labute approximate surface area is 141 Å². The maximum atomic E-state index is 12.4. The van der Waals surface area contributed by atoms with Gasteiger partial charge in [0.25, 0.3) is 0 Å². The molecule has 0 aliphatic heterocycles. The highest BCUT2D eigenvalue weighted by Gasteiger charge is 2.30. The molecule has 0 heterocycles. The number of carboxylic acid groups (broad SMARTS) is 1. The second kappa shape index (κ2) is 7.95. The maximum absolute atomic E-state index is 12.4. The molecule has 2 amide bonds. The number of hydrogen-bond acceptors (Lipinski definition) is 3. The van der Waals surface area contributed by atoms with Gasteiger partial charge in [-0.15, -0.1) is 0 Å². The van der Waals surface area contributed by atoms with E-state index in [0.29, 0.717) is 31.4 Å². The quantitative estimate of drug-likeness (QED) is 0.772. The lowest BCUT2D eigenvalue weighted by atomic mass is 9.81. The van der Waals surface area contributed by atoms with Crippen LogP contribution in [0.15, 0.2) is 24.3 Å². The van der Waals surface area contributed by atoms with E-state index in [1.165, 1.54) is 6.92 Å². The molecule has 0 spiro atoms. The number of nitrogens with one attached hydrogen (secondary N) is 2. The summed E-state index contributed by atoms with van der Waals surface area (Å²) in [6, 6.07) is 7.20. The summed E-state index contributed by atoms with van der Waals surface area (Å²) >= 11 is 0. The molecule has 1 aromatic carbocycles. The van der Waals surface area contributed by atoms with Gasteiger partial charge in [-0.1, -0.05) is 12.1 Å². The van der Waals surface area contributed by atoms with E-state index in [1.807, 2.05) is 25.1 Å². The molecule has 1 aromatic rings. The van der Waals surface area contributed by atoms with Crippen LogP contribution in [-0.2, 0) is 14.4 Å². The number of hydrogen-bond donors (Lipinski definition) is 3. The van der Waals surface area contributed by atoms with Crippen molar-refractivity contribution in [2.45, 2.75) is 45.6 Å². The van der Waals surface area contributed by atoms with Crippen molar-refractivity contribution in [3.63, 3.8) is 0 Å². The Morgan fingerprint density at radius 1 is 1.12 bits per heavy atom. The van der Waals surface area contributed by atoms with Gasteiger partial charge in [-0.2, -0.15) is 0 Å². The fraction of sp³-hybridized carbons (Fsp3) is 0.500. The van der Waals surface area contributed by atoms with Crippen LogP contribution in [0.3, 0.4) is 0 Å². The number of anilines is 1. The first-order valence-electron chi connectivity index (χ1n) is 8.27. The summed E-state index contributed by atoms with van der Waals surface area (Å²) in [7, 11) is 0. The number of carbonyl (C=O) groups is 3. The molecular formula is C18H24N2O4. The third-order valence-electron chi connectivity index (χ3n) is 4.51. The zero-order valence-electron chi connectivity index (χ0n) is 14.0. The number of benzene rings is 1. The van der Waals surface area contributed by atoms with E-state index in [0.717, 1.165) is 5.56 Å². The van der Waals surface area contributed by atoms with Crippen LogP contribution in [0.5, 0.6) is 0 Å². The average molecular weight is 332 g/mol. The molecule has 6 heteroatoms. The summed E-state index contributed by atoms with van der Waals surface area (Å²) in [5.74, 6) is -1.38. The molecule has 1 aliphatic rings. The van der Waals surface area contributed by atoms with Gasteiger partial charge in [-0.25, -0.2) is 0 Å². The third kappa shape index (κ3) is 4.81. The van der Waals surface area contributed by atoms with Crippen molar-refractivity contribution in [3.05, 3.63) is 29.8 Å². The Morgan fingerprint density at radius 2 is 1.75 bits per heavy atom. The lowest BCUT2D eigenvalue weighted by Crippen LogP contribution is -2.35. The standard InChI is InChI=1S/C18H24N2O4/c1-11(15-4-3-5-16(10-15)20-12(2)21)19-17(22)13-6-8-14(9-7-13)18(23)24/h3-5,10-11,13-14H,6-9H2,1-2H3,(H,19,22)(H,20,21)(H,23,24)/t11-,13?,14?/m0/s1. The molecule has 1 aliphatic carbocycles. The lowest BCUT2D eigenvalue weighted by molar-refractivity contribution is -0.144. The molecule has 1 atom stereocenters. The van der Waals surface area contributed by atoms with Crippen molar-refractivity contribution in [1.82, 2.24) is 5.32 Å². The molecule has 1 fully saturated rings. The van der Waals surface area contributed by atoms with Gasteiger partial charge in [-0.3, -0.25) is 14.4 Å². The van der Waals surface area contributed by atoms with Crippen molar-refractivity contribution in [2.24, 2.45) is 11.8 Å². The van der Waals surface area contributed by atoms with E-state index in [9.17, 15) is 14.4 Å². The van der Waals surface area contributed by atoms with Gasteiger partial charge in [0.1, 0.15) is 0 Å². The van der Waals surface area contributed by atoms with Crippen molar-refractivity contribution < 1.29 is 19.5 Å². The van der Waals surface area contributed by atoms with Crippen molar-refractivity contribution in [3.8, 4) is 0 Å². The summed E-state index contributed by atoms with van der Waals surface area (Å²) < 4.78 is 0. The molecular weight excluding hydrogens is 308 g/mol. The summed E-state index contributed by atoms with van der Waals surface area (Å²) in [4.78, 5) is 34.5. The molecule has 6 nitrogen and oxygen atoms in total. The number of aliphatic carboxylic acids is 1. The zero-order valence-corrected chi connectivity index (χ0v) is 14.0. The highest BCUT2D eigenvalue weighted by Crippen LogP contribution is 2.29. The van der Waals surface area contributed by atoms with Gasteiger partial charge in [0.2, 0.25) is 11.8 Å². The molecule has 2 rings (SSSR count). The molecule has 0 aromatic heterocycles. The Morgan fingerprint density at radius 3 is 2.33 bits per heavy atom. The predicted molar refractivity (Wildman–Crippen MR) is 90.4 cm³/mol. The fourth-order valence-electron chi connectivity index (χ4n) is 3.11. The van der Waals surface area contributed by atoms with Crippen LogP contribution in [0.25, 0.3) is 0 Å². The molecule has 24 heavy (non-hydrogen) atoms. The third-order valence-corrected chi connectivity index (χ3v) is 4.51. The predicted octanol–water partition coefficient (Wildman–Crippen LogP) is 2.71. The van der Waals surface area contributed by atoms with Gasteiger partial charge in [-0.05, 0) is 50.3 Å². The minimum Gasteiger partial charge on any atom is -0.481 e. The Bertz CT molecular complexity index is 621. The molecule has 1 saturated carbocycles. The van der Waals surface area contributed by atoms with Crippen LogP contribution in [0.4, 0.5) is 5.69 Å². The van der Waals surface area contributed by atoms with Gasteiger partial charge in [0.15, 0.2) is 0 Å². The number of amides is 2. The lowest BCUT2D eigenvalue weighted by Gasteiger charge is -2.26. The second-order valence-electron chi connectivity index (χ2n) is 6.42. The maximum Gasteiger partial charge on any atom is 0.306 e. The first-order chi connectivity index (χ1) is 11.4. The van der Waals surface area contributed by atoms with E-state index in [-0.39, 0.29) is 29.7 Å². The summed E-state index contributed by atoms with van der Waals surface area (Å²) in [5, 5.41) is 14.7. The average Bonchev–Trinajstić information content (AvgIpc) is 2.54. The van der Waals surface area contributed by atoms with Crippen LogP contribution in [-0.4, -0.2) is 22.9 Å². The van der Waals surface area contributed by atoms with Gasteiger partial charge >= 0.3 is 5.97 Å². The number of rotatable bonds is 5. The summed E-state index contributed by atoms with van der Waals surface area (Å²) in [6.45, 7) is 3.35. The monoisotopic (exact) mass is 332 g/mol. The minimum absolute atomic E-state index is 0.0312. The van der Waals surface area contributed by atoms with Crippen LogP contribution in [0.1, 0.15) is 51.1 Å². The Kier molecular flexibility index (Phi) is 5.95. The van der Waals surface area contributed by atoms with Crippen LogP contribution >= 0.6 is 0 Å². The molecule has 0 saturated heterocycles. The summed E-state index contributed by atoms with van der Waals surface area (Å²) in [5.41, 5.74) is 1.61. The van der Waals surface area contributed by atoms with Crippen LogP contribution in [0.2, 0.25) is 0 Å². The van der Waals surface area contributed by atoms with Crippen LogP contribution < -0.4 is 10.6 Å². The normalized spacial score (nSPS) is 21.6. The first kappa shape index (κ1) is 18.0. The molecule has 3 N–H and O–H groups in total. The van der Waals surface area contributed by atoms with Crippen LogP contribution in [0, 0.1) is 11.8 Å². The van der Waals surface area contributed by atoms with Crippen molar-refractivity contribution in [2.75, 3.05) is 5.32 Å². The van der Waals surface area contributed by atoms with E-state index >= 15 is 0 Å². The first-order valence-corrected chi connectivity index (χ1v) is 8.27. The highest BCUT2D eigenvalue weighted by molar-refractivity contribution is 5.88. The van der Waals surface area contributed by atoms with E-state index in [1.54, 1.807) is 6.07 Å². The second-order valence-corrected chi connectivity index (χ2v) is 6.42. The number of carbonyl (C=O) groups excluding carboxylic acids is 2. The van der Waals surface area contributed by atoms with Gasteiger partial charge in [0, 0.05) is 18.5 Å². The summed E-state index contributed by atoms with van der Waals surface area (Å²) in [6.07, 6.45) is 2.34. The SMILES string of the molecule is CC(=O)Nc1cccc([C@H](C)NC(=O)C2CCC(C(=O)O)CC2)c1. The Hall–Kier alpha value is -2.37. The van der Waals surface area contributed by atoms with E-state index < -0.39 is 5.97 Å². The smallest absolute Gasteiger partial charge is 0.306 e. The molecule has 130 valence electrons. The van der Waals surface area contributed by atoms with Crippen molar-refractivity contribution in [1.29, 1.82) is 0 Å². The van der Waals surface area contributed by atoms with E-state index in [4.69, 9.17) is 5.11 Å². The number of carboxylic acids is 1. The van der Waals surface area contributed by atoms with Crippen molar-refractivity contribution >= 4 is 23.5 Å². The molecule has 0 radical (unpaired) electrons.